The van der Waals surface area contributed by atoms with Crippen LogP contribution in [0.4, 0.5) is 4.79 Å². The van der Waals surface area contributed by atoms with E-state index in [4.69, 9.17) is 4.74 Å². The molecule has 2 aromatic rings. The maximum absolute atomic E-state index is 11.9. The van der Waals surface area contributed by atoms with Gasteiger partial charge in [-0.05, 0) is 29.7 Å². The first-order valence-corrected chi connectivity index (χ1v) is 8.37. The molecule has 3 amide bonds. The lowest BCUT2D eigenvalue weighted by atomic mass is 10.0. The SMILES string of the molecule is O=Cc1c(OCC(=O)NC(=O)NC2CCCC2)ccc2ccccc12. The normalized spacial score (nSPS) is 14.2. The summed E-state index contributed by atoms with van der Waals surface area (Å²) in [4.78, 5) is 35.1. The summed E-state index contributed by atoms with van der Waals surface area (Å²) in [7, 11) is 0. The van der Waals surface area contributed by atoms with E-state index in [1.165, 1.54) is 0 Å². The lowest BCUT2D eigenvalue weighted by Crippen LogP contribution is -2.45. The summed E-state index contributed by atoms with van der Waals surface area (Å²) >= 11 is 0. The second-order valence-electron chi connectivity index (χ2n) is 6.11. The van der Waals surface area contributed by atoms with Gasteiger partial charge < -0.3 is 10.1 Å². The van der Waals surface area contributed by atoms with Crippen molar-refractivity contribution in [2.45, 2.75) is 31.7 Å². The number of ether oxygens (including phenoxy) is 1. The summed E-state index contributed by atoms with van der Waals surface area (Å²) in [6.07, 6.45) is 4.79. The molecule has 0 aromatic heterocycles. The van der Waals surface area contributed by atoms with Gasteiger partial charge in [-0.3, -0.25) is 14.9 Å². The van der Waals surface area contributed by atoms with Gasteiger partial charge in [-0.2, -0.15) is 0 Å². The van der Waals surface area contributed by atoms with Gasteiger partial charge in [0.15, 0.2) is 12.9 Å². The molecular weight excluding hydrogens is 320 g/mol. The minimum Gasteiger partial charge on any atom is -0.483 e. The third-order valence-corrected chi connectivity index (χ3v) is 4.35. The monoisotopic (exact) mass is 340 g/mol. The fraction of sp³-hybridized carbons (Fsp3) is 0.316. The van der Waals surface area contributed by atoms with Crippen molar-refractivity contribution in [1.82, 2.24) is 10.6 Å². The van der Waals surface area contributed by atoms with Crippen LogP contribution in [0.15, 0.2) is 36.4 Å². The van der Waals surface area contributed by atoms with Crippen LogP contribution in [-0.2, 0) is 4.79 Å². The molecule has 130 valence electrons. The van der Waals surface area contributed by atoms with Crippen molar-refractivity contribution in [2.75, 3.05) is 6.61 Å². The van der Waals surface area contributed by atoms with E-state index in [-0.39, 0.29) is 12.6 Å². The highest BCUT2D eigenvalue weighted by Crippen LogP contribution is 2.26. The quantitative estimate of drug-likeness (QED) is 0.820. The minimum absolute atomic E-state index is 0.135. The van der Waals surface area contributed by atoms with Gasteiger partial charge in [0.2, 0.25) is 0 Å². The first-order chi connectivity index (χ1) is 12.2. The highest BCUT2D eigenvalue weighted by atomic mass is 16.5. The topological polar surface area (TPSA) is 84.5 Å². The van der Waals surface area contributed by atoms with Crippen LogP contribution in [0.3, 0.4) is 0 Å². The molecular formula is C19H20N2O4. The largest absolute Gasteiger partial charge is 0.483 e. The lowest BCUT2D eigenvalue weighted by Gasteiger charge is -2.13. The summed E-state index contributed by atoms with van der Waals surface area (Å²) in [6, 6.07) is 10.5. The van der Waals surface area contributed by atoms with Gasteiger partial charge >= 0.3 is 6.03 Å². The van der Waals surface area contributed by atoms with Crippen molar-refractivity contribution in [3.8, 4) is 5.75 Å². The number of carbonyl (C=O) groups excluding carboxylic acids is 3. The third kappa shape index (κ3) is 4.15. The Labute approximate surface area is 145 Å². The van der Waals surface area contributed by atoms with Gasteiger partial charge in [-0.25, -0.2) is 4.79 Å². The van der Waals surface area contributed by atoms with Gasteiger partial charge in [0.25, 0.3) is 5.91 Å². The number of imide groups is 1. The zero-order valence-corrected chi connectivity index (χ0v) is 13.8. The molecule has 0 spiro atoms. The Hall–Kier alpha value is -2.89. The molecule has 6 nitrogen and oxygen atoms in total. The van der Waals surface area contributed by atoms with E-state index in [0.29, 0.717) is 17.6 Å². The molecule has 1 fully saturated rings. The summed E-state index contributed by atoms with van der Waals surface area (Å²) in [5, 5.41) is 6.69. The number of aldehydes is 1. The van der Waals surface area contributed by atoms with Crippen LogP contribution >= 0.6 is 0 Å². The Morgan fingerprint density at radius 1 is 1.12 bits per heavy atom. The molecule has 0 unspecified atom stereocenters. The lowest BCUT2D eigenvalue weighted by molar-refractivity contribution is -0.122. The minimum atomic E-state index is -0.555. The number of hydrogen-bond acceptors (Lipinski definition) is 4. The first kappa shape index (κ1) is 17.0. The maximum Gasteiger partial charge on any atom is 0.321 e. The van der Waals surface area contributed by atoms with Gasteiger partial charge in [-0.1, -0.05) is 43.2 Å². The average Bonchev–Trinajstić information content (AvgIpc) is 3.12. The first-order valence-electron chi connectivity index (χ1n) is 8.37. The number of carbonyl (C=O) groups is 3. The van der Waals surface area contributed by atoms with Crippen LogP contribution in [0.1, 0.15) is 36.0 Å². The Morgan fingerprint density at radius 3 is 2.64 bits per heavy atom. The van der Waals surface area contributed by atoms with Gasteiger partial charge in [0, 0.05) is 6.04 Å². The van der Waals surface area contributed by atoms with Crippen molar-refractivity contribution in [1.29, 1.82) is 0 Å². The van der Waals surface area contributed by atoms with Gasteiger partial charge in [0.05, 0.1) is 5.56 Å². The number of benzene rings is 2. The van der Waals surface area contributed by atoms with Gasteiger partial charge in [0.1, 0.15) is 5.75 Å². The number of rotatable bonds is 5. The third-order valence-electron chi connectivity index (χ3n) is 4.35. The van der Waals surface area contributed by atoms with Crippen molar-refractivity contribution in [2.24, 2.45) is 0 Å². The number of amides is 3. The highest BCUT2D eigenvalue weighted by Gasteiger charge is 2.18. The van der Waals surface area contributed by atoms with E-state index in [2.05, 4.69) is 10.6 Å². The van der Waals surface area contributed by atoms with E-state index in [0.717, 1.165) is 36.5 Å². The molecule has 2 N–H and O–H groups in total. The molecule has 0 bridgehead atoms. The van der Waals surface area contributed by atoms with Crippen LogP contribution < -0.4 is 15.4 Å². The smallest absolute Gasteiger partial charge is 0.321 e. The van der Waals surface area contributed by atoms with E-state index in [9.17, 15) is 14.4 Å². The number of fused-ring (bicyclic) bond motifs is 1. The van der Waals surface area contributed by atoms with Crippen LogP contribution in [0, 0.1) is 0 Å². The van der Waals surface area contributed by atoms with Crippen molar-refractivity contribution >= 4 is 29.0 Å². The molecule has 6 heteroatoms. The second kappa shape index (κ2) is 7.79. The van der Waals surface area contributed by atoms with Crippen molar-refractivity contribution < 1.29 is 19.1 Å². The standard InChI is InChI=1S/C19H20N2O4/c22-11-16-15-8-4-1-5-13(15)9-10-17(16)25-12-18(23)21-19(24)20-14-6-2-3-7-14/h1,4-5,8-11,14H,2-3,6-7,12H2,(H2,20,21,23,24). The summed E-state index contributed by atoms with van der Waals surface area (Å²) in [5.74, 6) is -0.236. The van der Waals surface area contributed by atoms with Gasteiger partial charge in [-0.15, -0.1) is 0 Å². The number of nitrogens with one attached hydrogen (secondary N) is 2. The van der Waals surface area contributed by atoms with Crippen LogP contribution in [0.25, 0.3) is 10.8 Å². The molecule has 0 atom stereocenters. The number of hydrogen-bond donors (Lipinski definition) is 2. The molecule has 25 heavy (non-hydrogen) atoms. The van der Waals surface area contributed by atoms with Crippen LogP contribution in [0.5, 0.6) is 5.75 Å². The molecule has 3 rings (SSSR count). The van der Waals surface area contributed by atoms with E-state index in [1.807, 2.05) is 30.3 Å². The molecule has 1 aliphatic rings. The fourth-order valence-corrected chi connectivity index (χ4v) is 3.12. The Morgan fingerprint density at radius 2 is 1.88 bits per heavy atom. The van der Waals surface area contributed by atoms with Crippen molar-refractivity contribution in [3.05, 3.63) is 42.0 Å². The molecule has 1 aliphatic carbocycles. The molecule has 2 aromatic carbocycles. The molecule has 0 aliphatic heterocycles. The second-order valence-corrected chi connectivity index (χ2v) is 6.11. The summed E-state index contributed by atoms with van der Waals surface area (Å²) in [6.45, 7) is -0.336. The van der Waals surface area contributed by atoms with Crippen LogP contribution in [-0.4, -0.2) is 30.9 Å². The van der Waals surface area contributed by atoms with Crippen LogP contribution in [0.2, 0.25) is 0 Å². The average molecular weight is 340 g/mol. The Balaban J connectivity index is 1.59. The maximum atomic E-state index is 11.9. The number of urea groups is 1. The molecule has 1 saturated carbocycles. The molecule has 0 heterocycles. The predicted octanol–water partition coefficient (Wildman–Crippen LogP) is 2.80. The van der Waals surface area contributed by atoms with E-state index >= 15 is 0 Å². The summed E-state index contributed by atoms with van der Waals surface area (Å²) in [5.41, 5.74) is 0.390. The Kier molecular flexibility index (Phi) is 5.28. The van der Waals surface area contributed by atoms with Crippen molar-refractivity contribution in [3.63, 3.8) is 0 Å². The van der Waals surface area contributed by atoms with E-state index < -0.39 is 11.9 Å². The molecule has 0 radical (unpaired) electrons. The zero-order chi connectivity index (χ0) is 17.6. The zero-order valence-electron chi connectivity index (χ0n) is 13.8. The Bertz CT molecular complexity index is 797. The molecule has 0 saturated heterocycles. The fourth-order valence-electron chi connectivity index (χ4n) is 3.12. The van der Waals surface area contributed by atoms with E-state index in [1.54, 1.807) is 6.07 Å². The highest BCUT2D eigenvalue weighted by molar-refractivity contribution is 6.01. The predicted molar refractivity (Wildman–Crippen MR) is 93.8 cm³/mol. The summed E-state index contributed by atoms with van der Waals surface area (Å²) < 4.78 is 5.45.